The molecule has 1 aliphatic carbocycles. The highest BCUT2D eigenvalue weighted by atomic mass is 32.2. The second kappa shape index (κ2) is 13.5. The van der Waals surface area contributed by atoms with Crippen LogP contribution in [0.25, 0.3) is 11.0 Å². The number of nitriles is 1. The molecule has 4 aromatic rings. The minimum absolute atomic E-state index is 0.0499. The predicted molar refractivity (Wildman–Crippen MR) is 181 cm³/mol. The summed E-state index contributed by atoms with van der Waals surface area (Å²) in [5.41, 5.74) is 4.01. The van der Waals surface area contributed by atoms with Crippen LogP contribution in [-0.2, 0) is 22.9 Å². The van der Waals surface area contributed by atoms with Crippen molar-refractivity contribution in [1.29, 1.82) is 5.26 Å². The van der Waals surface area contributed by atoms with Crippen molar-refractivity contribution in [3.8, 4) is 6.07 Å². The van der Waals surface area contributed by atoms with Crippen molar-refractivity contribution in [2.75, 3.05) is 39.3 Å². The van der Waals surface area contributed by atoms with Gasteiger partial charge < -0.3 is 14.6 Å². The maximum Gasteiger partial charge on any atom is 0.287 e. The van der Waals surface area contributed by atoms with Crippen molar-refractivity contribution >= 4 is 32.6 Å². The van der Waals surface area contributed by atoms with Gasteiger partial charge in [0.25, 0.3) is 11.8 Å². The monoisotopic (exact) mass is 665 g/mol. The van der Waals surface area contributed by atoms with E-state index in [9.17, 15) is 18.0 Å². The number of carbonyl (C=O) groups is 2. The third-order valence-electron chi connectivity index (χ3n) is 9.68. The molecule has 1 aromatic heterocycles. The predicted octanol–water partition coefficient (Wildman–Crippen LogP) is 4.59. The number of rotatable bonds is 9. The van der Waals surface area contributed by atoms with E-state index >= 15 is 0 Å². The van der Waals surface area contributed by atoms with E-state index in [2.05, 4.69) is 21.2 Å². The number of nitrogens with one attached hydrogen (secondary N) is 1. The molecule has 248 valence electrons. The fourth-order valence-corrected chi connectivity index (χ4v) is 8.29. The molecule has 7 rings (SSSR count). The van der Waals surface area contributed by atoms with Crippen LogP contribution in [-0.4, -0.2) is 85.5 Å². The molecule has 0 spiro atoms. The molecule has 0 radical (unpaired) electrons. The molecule has 0 atom stereocenters. The normalized spacial score (nSPS) is 18.1. The van der Waals surface area contributed by atoms with E-state index < -0.39 is 9.84 Å². The van der Waals surface area contributed by atoms with Crippen LogP contribution in [0.3, 0.4) is 0 Å². The first-order valence-corrected chi connectivity index (χ1v) is 18.2. The van der Waals surface area contributed by atoms with E-state index in [1.54, 1.807) is 36.4 Å². The van der Waals surface area contributed by atoms with Crippen LogP contribution in [0.15, 0.2) is 82.1 Å². The summed E-state index contributed by atoms with van der Waals surface area (Å²) in [5.74, 6) is -0.0625. The summed E-state index contributed by atoms with van der Waals surface area (Å²) in [4.78, 5) is 33.4. The average Bonchev–Trinajstić information content (AvgIpc) is 3.89. The number of likely N-dealkylation sites (tertiary alicyclic amines) is 1. The van der Waals surface area contributed by atoms with Gasteiger partial charge in [-0.25, -0.2) is 8.42 Å². The molecule has 2 aliphatic heterocycles. The number of furan rings is 1. The van der Waals surface area contributed by atoms with Gasteiger partial charge in [0.2, 0.25) is 0 Å². The lowest BCUT2D eigenvalue weighted by Gasteiger charge is -2.34. The molecule has 0 bridgehead atoms. The summed E-state index contributed by atoms with van der Waals surface area (Å²) in [6, 6.07) is 24.1. The second-order valence-electron chi connectivity index (χ2n) is 13.2. The molecule has 3 fully saturated rings. The largest absolute Gasteiger partial charge is 0.451 e. The van der Waals surface area contributed by atoms with Gasteiger partial charge in [-0.15, -0.1) is 0 Å². The molecule has 11 heteroatoms. The third-order valence-corrected chi connectivity index (χ3v) is 12.0. The van der Waals surface area contributed by atoms with Gasteiger partial charge in [0, 0.05) is 69.3 Å². The van der Waals surface area contributed by atoms with Crippen molar-refractivity contribution in [3.63, 3.8) is 0 Å². The molecule has 48 heavy (non-hydrogen) atoms. The molecule has 2 saturated heterocycles. The molecule has 3 aromatic carbocycles. The maximum absolute atomic E-state index is 13.4. The molecule has 3 heterocycles. The van der Waals surface area contributed by atoms with E-state index in [1.165, 1.54) is 5.56 Å². The number of benzene rings is 3. The average molecular weight is 666 g/mol. The van der Waals surface area contributed by atoms with Crippen molar-refractivity contribution in [1.82, 2.24) is 20.0 Å². The smallest absolute Gasteiger partial charge is 0.287 e. The molecule has 1 saturated carbocycles. The number of fused-ring (bicyclic) bond motifs is 1. The summed E-state index contributed by atoms with van der Waals surface area (Å²) in [5, 5.41) is 12.6. The minimum Gasteiger partial charge on any atom is -0.451 e. The lowest BCUT2D eigenvalue weighted by Crippen LogP contribution is -2.48. The fourth-order valence-electron chi connectivity index (χ4n) is 6.63. The third kappa shape index (κ3) is 7.16. The Balaban J connectivity index is 0.887. The van der Waals surface area contributed by atoms with Gasteiger partial charge in [0.15, 0.2) is 15.6 Å². The van der Waals surface area contributed by atoms with Crippen molar-refractivity contribution in [2.24, 2.45) is 0 Å². The Morgan fingerprint density at radius 2 is 1.42 bits per heavy atom. The highest BCUT2D eigenvalue weighted by Gasteiger charge is 2.36. The first-order chi connectivity index (χ1) is 23.2. The lowest BCUT2D eigenvalue weighted by molar-refractivity contribution is 0.0628. The van der Waals surface area contributed by atoms with E-state index in [0.29, 0.717) is 46.6 Å². The summed E-state index contributed by atoms with van der Waals surface area (Å²) in [6.07, 6.45) is 3.19. The number of piperidine rings is 1. The Labute approximate surface area is 280 Å². The summed E-state index contributed by atoms with van der Waals surface area (Å²) in [6.45, 7) is 5.88. The van der Waals surface area contributed by atoms with E-state index in [1.807, 2.05) is 41.3 Å². The van der Waals surface area contributed by atoms with Crippen LogP contribution < -0.4 is 5.32 Å². The highest BCUT2D eigenvalue weighted by Crippen LogP contribution is 2.33. The van der Waals surface area contributed by atoms with Crippen LogP contribution in [0.5, 0.6) is 0 Å². The minimum atomic E-state index is -3.18. The van der Waals surface area contributed by atoms with Crippen molar-refractivity contribution in [2.45, 2.75) is 55.0 Å². The molecule has 0 unspecified atom stereocenters. The van der Waals surface area contributed by atoms with E-state index in [0.717, 1.165) is 64.0 Å². The number of amides is 2. The summed E-state index contributed by atoms with van der Waals surface area (Å²) < 4.78 is 30.8. The molecule has 1 N–H and O–H groups in total. The Bertz CT molecular complexity index is 1950. The van der Waals surface area contributed by atoms with Crippen LogP contribution >= 0.6 is 0 Å². The second-order valence-corrected chi connectivity index (χ2v) is 15.4. The summed E-state index contributed by atoms with van der Waals surface area (Å²) >= 11 is 0. The zero-order valence-corrected chi connectivity index (χ0v) is 27.6. The maximum atomic E-state index is 13.4. The van der Waals surface area contributed by atoms with Crippen LogP contribution in [0.1, 0.15) is 63.3 Å². The van der Waals surface area contributed by atoms with Gasteiger partial charge in [-0.3, -0.25) is 19.4 Å². The van der Waals surface area contributed by atoms with Gasteiger partial charge in [-0.05, 0) is 85.3 Å². The number of carbonyl (C=O) groups excluding carboxylic acids is 2. The van der Waals surface area contributed by atoms with Gasteiger partial charge in [0.05, 0.1) is 21.8 Å². The highest BCUT2D eigenvalue weighted by molar-refractivity contribution is 7.92. The molecule has 10 nitrogen and oxygen atoms in total. The van der Waals surface area contributed by atoms with Gasteiger partial charge in [0.1, 0.15) is 5.58 Å². The number of nitrogens with zero attached hydrogens (tertiary/aromatic N) is 4. The first kappa shape index (κ1) is 32.1. The summed E-state index contributed by atoms with van der Waals surface area (Å²) in [7, 11) is -3.18. The van der Waals surface area contributed by atoms with Crippen molar-refractivity contribution < 1.29 is 22.4 Å². The van der Waals surface area contributed by atoms with E-state index in [-0.39, 0.29) is 28.9 Å². The van der Waals surface area contributed by atoms with Gasteiger partial charge in [-0.1, -0.05) is 24.3 Å². The number of piperazine rings is 1. The Hall–Kier alpha value is -4.50. The van der Waals surface area contributed by atoms with Crippen LogP contribution in [0, 0.1) is 11.3 Å². The van der Waals surface area contributed by atoms with Crippen LogP contribution in [0.2, 0.25) is 0 Å². The Kier molecular flexibility index (Phi) is 9.05. The number of sulfone groups is 1. The molecular weight excluding hydrogens is 627 g/mol. The number of hydrogen-bond acceptors (Lipinski definition) is 8. The quantitative estimate of drug-likeness (QED) is 0.275. The topological polar surface area (TPSA) is 127 Å². The van der Waals surface area contributed by atoms with E-state index in [4.69, 9.17) is 9.68 Å². The van der Waals surface area contributed by atoms with Crippen LogP contribution in [0.4, 0.5) is 0 Å². The van der Waals surface area contributed by atoms with Gasteiger partial charge >= 0.3 is 0 Å². The first-order valence-electron chi connectivity index (χ1n) is 16.7. The SMILES string of the molecule is N#Cc1ccc(CN2CCC(NC(=O)c3cc4cc(C(=O)N5CCN(Cc6ccc(S(=O)(=O)C7CC7)cc6)CC5)ccc4o3)CC2)cc1. The Morgan fingerprint density at radius 1 is 0.792 bits per heavy atom. The lowest BCUT2D eigenvalue weighted by atomic mass is 10.0. The fraction of sp³-hybridized carbons (Fsp3) is 0.378. The standard InChI is InChI=1S/C37H39N5O5S/c38-23-26-1-3-27(4-2-26)24-40-15-13-31(14-16-40)39-36(43)35-22-30-21-29(7-12-34(30)47-35)37(44)42-19-17-41(18-20-42)25-28-5-8-32(9-6-28)48(45,46)33-10-11-33/h1-9,12,21-22,31,33H,10-11,13-20,24-25H2,(H,39,43). The zero-order chi connectivity index (χ0) is 33.3. The molecular formula is C37H39N5O5S. The Morgan fingerprint density at radius 3 is 2.04 bits per heavy atom. The molecule has 3 aliphatic rings. The van der Waals surface area contributed by atoms with Crippen molar-refractivity contribution in [3.05, 3.63) is 101 Å². The zero-order valence-electron chi connectivity index (χ0n) is 26.8. The van der Waals surface area contributed by atoms with Gasteiger partial charge in [-0.2, -0.15) is 5.26 Å². The number of hydrogen-bond donors (Lipinski definition) is 1. The molecule has 2 amide bonds.